The van der Waals surface area contributed by atoms with Crippen molar-refractivity contribution in [3.8, 4) is 0 Å². The summed E-state index contributed by atoms with van der Waals surface area (Å²) in [4.78, 5) is 31.2. The monoisotopic (exact) mass is 359 g/mol. The highest BCUT2D eigenvalue weighted by Crippen LogP contribution is 2.17. The van der Waals surface area contributed by atoms with Gasteiger partial charge in [-0.1, -0.05) is 23.7 Å². The molecular formula is C18H18ClN3O3. The highest BCUT2D eigenvalue weighted by Gasteiger charge is 2.21. The SMILES string of the molecule is O=C(O)c1ccc(N2CCN(C(=O)Cc3ccc(Cl)cc3)CC2)cn1. The van der Waals surface area contributed by atoms with Gasteiger partial charge in [0.2, 0.25) is 5.91 Å². The van der Waals surface area contributed by atoms with Crippen LogP contribution in [0.3, 0.4) is 0 Å². The number of carboxylic acids is 1. The van der Waals surface area contributed by atoms with Crippen molar-refractivity contribution in [3.63, 3.8) is 0 Å². The number of aromatic carboxylic acids is 1. The minimum atomic E-state index is -1.04. The first kappa shape index (κ1) is 17.2. The average molecular weight is 360 g/mol. The molecule has 130 valence electrons. The van der Waals surface area contributed by atoms with Crippen molar-refractivity contribution in [2.24, 2.45) is 0 Å². The van der Waals surface area contributed by atoms with Gasteiger partial charge in [0.1, 0.15) is 5.69 Å². The molecule has 1 aromatic carbocycles. The fraction of sp³-hybridized carbons (Fsp3) is 0.278. The average Bonchev–Trinajstić information content (AvgIpc) is 2.64. The van der Waals surface area contributed by atoms with Gasteiger partial charge in [-0.25, -0.2) is 9.78 Å². The van der Waals surface area contributed by atoms with Gasteiger partial charge in [-0.15, -0.1) is 0 Å². The Morgan fingerprint density at radius 2 is 1.72 bits per heavy atom. The van der Waals surface area contributed by atoms with E-state index in [1.54, 1.807) is 24.4 Å². The minimum absolute atomic E-state index is 0.0283. The van der Waals surface area contributed by atoms with E-state index in [2.05, 4.69) is 9.88 Å². The molecule has 0 radical (unpaired) electrons. The van der Waals surface area contributed by atoms with E-state index in [1.807, 2.05) is 17.0 Å². The molecule has 1 amide bonds. The van der Waals surface area contributed by atoms with E-state index in [1.165, 1.54) is 6.07 Å². The normalized spacial score (nSPS) is 14.4. The number of rotatable bonds is 4. The second-order valence-electron chi connectivity index (χ2n) is 5.88. The molecule has 0 saturated carbocycles. The van der Waals surface area contributed by atoms with Gasteiger partial charge in [0.05, 0.1) is 18.3 Å². The maximum atomic E-state index is 12.4. The molecule has 2 aromatic rings. The zero-order valence-corrected chi connectivity index (χ0v) is 14.3. The van der Waals surface area contributed by atoms with Gasteiger partial charge in [-0.2, -0.15) is 0 Å². The fourth-order valence-corrected chi connectivity index (χ4v) is 2.93. The van der Waals surface area contributed by atoms with Crippen LogP contribution in [0.25, 0.3) is 0 Å². The Balaban J connectivity index is 1.55. The van der Waals surface area contributed by atoms with Gasteiger partial charge < -0.3 is 14.9 Å². The van der Waals surface area contributed by atoms with Crippen LogP contribution >= 0.6 is 11.6 Å². The van der Waals surface area contributed by atoms with Gasteiger partial charge in [-0.05, 0) is 29.8 Å². The van der Waals surface area contributed by atoms with Crippen molar-refractivity contribution in [3.05, 3.63) is 58.9 Å². The van der Waals surface area contributed by atoms with Crippen LogP contribution in [-0.2, 0) is 11.2 Å². The number of carbonyl (C=O) groups excluding carboxylic acids is 1. The number of anilines is 1. The molecule has 1 saturated heterocycles. The summed E-state index contributed by atoms with van der Waals surface area (Å²) in [5.74, 6) is -0.939. The Kier molecular flexibility index (Phi) is 5.19. The van der Waals surface area contributed by atoms with Crippen LogP contribution in [0.2, 0.25) is 5.02 Å². The summed E-state index contributed by atoms with van der Waals surface area (Å²) in [5.41, 5.74) is 1.85. The lowest BCUT2D eigenvalue weighted by Crippen LogP contribution is -2.49. The predicted molar refractivity (Wildman–Crippen MR) is 95.1 cm³/mol. The third-order valence-electron chi connectivity index (χ3n) is 4.23. The van der Waals surface area contributed by atoms with E-state index in [9.17, 15) is 9.59 Å². The summed E-state index contributed by atoms with van der Waals surface area (Å²) in [7, 11) is 0. The number of benzene rings is 1. The van der Waals surface area contributed by atoms with E-state index in [-0.39, 0.29) is 11.6 Å². The van der Waals surface area contributed by atoms with Gasteiger partial charge in [0.15, 0.2) is 0 Å². The number of halogens is 1. The molecule has 6 nitrogen and oxygen atoms in total. The van der Waals surface area contributed by atoms with Crippen molar-refractivity contribution in [1.82, 2.24) is 9.88 Å². The van der Waals surface area contributed by atoms with Crippen LogP contribution in [0.5, 0.6) is 0 Å². The number of hydrogen-bond acceptors (Lipinski definition) is 4. The molecule has 3 rings (SSSR count). The number of carboxylic acid groups (broad SMARTS) is 1. The quantitative estimate of drug-likeness (QED) is 0.906. The Labute approximate surface area is 150 Å². The lowest BCUT2D eigenvalue weighted by molar-refractivity contribution is -0.130. The number of nitrogens with zero attached hydrogens (tertiary/aromatic N) is 3. The third-order valence-corrected chi connectivity index (χ3v) is 4.49. The molecule has 0 atom stereocenters. The molecule has 25 heavy (non-hydrogen) atoms. The number of aromatic nitrogens is 1. The topological polar surface area (TPSA) is 73.7 Å². The van der Waals surface area contributed by atoms with Crippen molar-refractivity contribution in [1.29, 1.82) is 0 Å². The fourth-order valence-electron chi connectivity index (χ4n) is 2.80. The van der Waals surface area contributed by atoms with E-state index < -0.39 is 5.97 Å². The zero-order valence-electron chi connectivity index (χ0n) is 13.6. The molecule has 1 aromatic heterocycles. The molecule has 0 unspecified atom stereocenters. The third kappa shape index (κ3) is 4.28. The molecule has 1 aliphatic rings. The van der Waals surface area contributed by atoms with Crippen molar-refractivity contribution < 1.29 is 14.7 Å². The van der Waals surface area contributed by atoms with Crippen molar-refractivity contribution in [2.75, 3.05) is 31.1 Å². The molecule has 1 fully saturated rings. The summed E-state index contributed by atoms with van der Waals surface area (Å²) < 4.78 is 0. The Morgan fingerprint density at radius 3 is 2.28 bits per heavy atom. The largest absolute Gasteiger partial charge is 0.477 e. The van der Waals surface area contributed by atoms with E-state index >= 15 is 0 Å². The molecule has 7 heteroatoms. The lowest BCUT2D eigenvalue weighted by atomic mass is 10.1. The number of carbonyl (C=O) groups is 2. The van der Waals surface area contributed by atoms with Gasteiger partial charge in [0.25, 0.3) is 0 Å². The van der Waals surface area contributed by atoms with Crippen LogP contribution in [-0.4, -0.2) is 53.0 Å². The van der Waals surface area contributed by atoms with Gasteiger partial charge >= 0.3 is 5.97 Å². The summed E-state index contributed by atoms with van der Waals surface area (Å²) in [6.07, 6.45) is 1.93. The molecule has 2 heterocycles. The Morgan fingerprint density at radius 1 is 1.04 bits per heavy atom. The molecule has 1 N–H and O–H groups in total. The second kappa shape index (κ2) is 7.53. The predicted octanol–water partition coefficient (Wildman–Crippen LogP) is 2.32. The standard InChI is InChI=1S/C18H18ClN3O3/c19-14-3-1-13(2-4-14)11-17(23)22-9-7-21(8-10-22)15-5-6-16(18(24)25)20-12-15/h1-6,12H,7-11H2,(H,24,25). The first-order valence-corrected chi connectivity index (χ1v) is 8.37. The molecular weight excluding hydrogens is 342 g/mol. The highest BCUT2D eigenvalue weighted by atomic mass is 35.5. The zero-order chi connectivity index (χ0) is 17.8. The molecule has 0 bridgehead atoms. The minimum Gasteiger partial charge on any atom is -0.477 e. The summed E-state index contributed by atoms with van der Waals surface area (Å²) >= 11 is 5.86. The number of hydrogen-bond donors (Lipinski definition) is 1. The Bertz CT molecular complexity index is 754. The summed E-state index contributed by atoms with van der Waals surface area (Å²) in [6.45, 7) is 2.65. The maximum Gasteiger partial charge on any atom is 0.354 e. The van der Waals surface area contributed by atoms with Crippen LogP contribution in [0, 0.1) is 0 Å². The van der Waals surface area contributed by atoms with Crippen LogP contribution in [0.15, 0.2) is 42.6 Å². The first-order valence-electron chi connectivity index (χ1n) is 7.99. The van der Waals surface area contributed by atoms with Crippen molar-refractivity contribution in [2.45, 2.75) is 6.42 Å². The molecule has 1 aliphatic heterocycles. The first-order chi connectivity index (χ1) is 12.0. The van der Waals surface area contributed by atoms with Crippen molar-refractivity contribution >= 4 is 29.2 Å². The smallest absolute Gasteiger partial charge is 0.354 e. The molecule has 0 aliphatic carbocycles. The number of amides is 1. The Hall–Kier alpha value is -2.60. The second-order valence-corrected chi connectivity index (χ2v) is 6.31. The molecule has 0 spiro atoms. The van der Waals surface area contributed by atoms with Crippen LogP contribution < -0.4 is 4.90 Å². The summed E-state index contributed by atoms with van der Waals surface area (Å²) in [6, 6.07) is 10.6. The maximum absolute atomic E-state index is 12.4. The number of piperazine rings is 1. The lowest BCUT2D eigenvalue weighted by Gasteiger charge is -2.36. The van der Waals surface area contributed by atoms with Gasteiger partial charge in [0, 0.05) is 31.2 Å². The highest BCUT2D eigenvalue weighted by molar-refractivity contribution is 6.30. The van der Waals surface area contributed by atoms with Gasteiger partial charge in [-0.3, -0.25) is 4.79 Å². The van der Waals surface area contributed by atoms with Crippen LogP contribution in [0.1, 0.15) is 16.1 Å². The summed E-state index contributed by atoms with van der Waals surface area (Å²) in [5, 5.41) is 9.55. The van der Waals surface area contributed by atoms with E-state index in [0.717, 1.165) is 11.3 Å². The van der Waals surface area contributed by atoms with E-state index in [4.69, 9.17) is 16.7 Å². The van der Waals surface area contributed by atoms with E-state index in [0.29, 0.717) is 37.6 Å². The van der Waals surface area contributed by atoms with Crippen LogP contribution in [0.4, 0.5) is 5.69 Å². The number of pyridine rings is 1.